The van der Waals surface area contributed by atoms with Gasteiger partial charge in [0, 0.05) is 67.8 Å². The van der Waals surface area contributed by atoms with Crippen LogP contribution in [0.1, 0.15) is 53.8 Å². The molecule has 11 nitrogen and oxygen atoms in total. The number of oxazole rings is 2. The highest BCUT2D eigenvalue weighted by Crippen LogP contribution is 2.39. The van der Waals surface area contributed by atoms with Crippen molar-refractivity contribution in [2.24, 2.45) is 0 Å². The number of likely N-dealkylation sites (tertiary alicyclic amines) is 1. The van der Waals surface area contributed by atoms with Crippen LogP contribution in [0.15, 0.2) is 57.4 Å². The number of fused-ring (bicyclic) bond motifs is 2. The van der Waals surface area contributed by atoms with Crippen LogP contribution in [0.5, 0.6) is 5.75 Å². The Bertz CT molecular complexity index is 2180. The third-order valence-electron chi connectivity index (χ3n) is 10.6. The van der Waals surface area contributed by atoms with Crippen LogP contribution in [0.25, 0.3) is 45.1 Å². The molecule has 2 saturated heterocycles. The molecule has 2 fully saturated rings. The first-order chi connectivity index (χ1) is 25.1. The molecule has 3 aromatic carbocycles. The number of hydrogen-bond donors (Lipinski definition) is 2. The third-order valence-corrected chi connectivity index (χ3v) is 10.6. The van der Waals surface area contributed by atoms with Gasteiger partial charge in [-0.3, -0.25) is 19.4 Å². The van der Waals surface area contributed by atoms with Crippen molar-refractivity contribution >= 4 is 23.0 Å². The summed E-state index contributed by atoms with van der Waals surface area (Å²) in [5.41, 5.74) is 7.62. The number of carbonyl (C=O) groups is 2. The molecule has 2 atom stereocenters. The zero-order valence-corrected chi connectivity index (χ0v) is 29.0. The van der Waals surface area contributed by atoms with Gasteiger partial charge < -0.3 is 24.0 Å². The molecule has 52 heavy (non-hydrogen) atoms. The van der Waals surface area contributed by atoms with Crippen molar-refractivity contribution in [3.63, 3.8) is 0 Å². The van der Waals surface area contributed by atoms with Gasteiger partial charge in [-0.2, -0.15) is 8.78 Å². The third kappa shape index (κ3) is 6.54. The molecule has 3 aliphatic heterocycles. The summed E-state index contributed by atoms with van der Waals surface area (Å²) >= 11 is 0. The van der Waals surface area contributed by atoms with Crippen LogP contribution in [-0.2, 0) is 29.1 Å². The molecular formula is C39H39F2N5O6. The van der Waals surface area contributed by atoms with E-state index in [1.54, 1.807) is 11.0 Å². The predicted octanol–water partition coefficient (Wildman–Crippen LogP) is 6.72. The number of carboxylic acid groups (broad SMARTS) is 1. The second kappa shape index (κ2) is 13.8. The number of amides is 1. The molecule has 0 radical (unpaired) electrons. The zero-order valence-electron chi connectivity index (χ0n) is 29.0. The molecular weight excluding hydrogens is 672 g/mol. The molecule has 0 bridgehead atoms. The molecule has 2 aromatic heterocycles. The number of carboxylic acids is 1. The van der Waals surface area contributed by atoms with Gasteiger partial charge in [0.2, 0.25) is 17.7 Å². The van der Waals surface area contributed by atoms with E-state index in [-0.39, 0.29) is 29.8 Å². The SMILES string of the molecule is Cc1c(-c2nc3c(o2)CCN(CC2CCC(=O)N2)C3)cccc1-c1cccc(-c2nc3cc(CN4CCC[C@H]4C(=O)O)c(OC(F)F)cc3o2)c1C. The largest absolute Gasteiger partial charge is 0.480 e. The highest BCUT2D eigenvalue weighted by molar-refractivity contribution is 5.84. The van der Waals surface area contributed by atoms with Crippen LogP contribution < -0.4 is 10.1 Å². The summed E-state index contributed by atoms with van der Waals surface area (Å²) in [4.78, 5) is 37.2. The van der Waals surface area contributed by atoms with Gasteiger partial charge in [0.05, 0.1) is 5.69 Å². The van der Waals surface area contributed by atoms with Crippen molar-refractivity contribution in [1.82, 2.24) is 25.1 Å². The average molecular weight is 712 g/mol. The number of ether oxygens (including phenoxy) is 1. The van der Waals surface area contributed by atoms with Crippen molar-refractivity contribution in [3.8, 4) is 39.8 Å². The maximum absolute atomic E-state index is 13.5. The van der Waals surface area contributed by atoms with Crippen molar-refractivity contribution in [2.45, 2.75) is 77.7 Å². The zero-order chi connectivity index (χ0) is 36.1. The Labute approximate surface area is 298 Å². The summed E-state index contributed by atoms with van der Waals surface area (Å²) in [5.74, 6) is 0.918. The van der Waals surface area contributed by atoms with Crippen molar-refractivity contribution in [1.29, 1.82) is 0 Å². The van der Waals surface area contributed by atoms with Crippen LogP contribution in [-0.4, -0.2) is 75.1 Å². The van der Waals surface area contributed by atoms with Crippen molar-refractivity contribution < 1.29 is 37.0 Å². The number of carbonyl (C=O) groups excluding carboxylic acids is 1. The minimum atomic E-state index is -3.06. The second-order valence-corrected chi connectivity index (χ2v) is 13.9. The molecule has 0 saturated carbocycles. The summed E-state index contributed by atoms with van der Waals surface area (Å²) in [6, 6.07) is 14.5. The maximum Gasteiger partial charge on any atom is 0.387 e. The predicted molar refractivity (Wildman–Crippen MR) is 188 cm³/mol. The smallest absolute Gasteiger partial charge is 0.387 e. The summed E-state index contributed by atoms with van der Waals surface area (Å²) < 4.78 is 44.3. The lowest BCUT2D eigenvalue weighted by Gasteiger charge is -2.27. The van der Waals surface area contributed by atoms with E-state index in [0.717, 1.165) is 70.8 Å². The highest BCUT2D eigenvalue weighted by Gasteiger charge is 2.32. The fourth-order valence-corrected chi connectivity index (χ4v) is 7.92. The fraction of sp³-hybridized carbons (Fsp3) is 0.385. The minimum absolute atomic E-state index is 0.0672. The number of alkyl halides is 2. The first-order valence-corrected chi connectivity index (χ1v) is 17.7. The van der Waals surface area contributed by atoms with Gasteiger partial charge in [-0.05, 0) is 80.1 Å². The highest BCUT2D eigenvalue weighted by atomic mass is 19.3. The van der Waals surface area contributed by atoms with Gasteiger partial charge in [0.25, 0.3) is 0 Å². The Morgan fingerprint density at radius 2 is 1.69 bits per heavy atom. The summed E-state index contributed by atoms with van der Waals surface area (Å²) in [6.45, 7) is 3.98. The van der Waals surface area contributed by atoms with E-state index >= 15 is 0 Å². The van der Waals surface area contributed by atoms with Gasteiger partial charge in [0.1, 0.15) is 23.1 Å². The lowest BCUT2D eigenvalue weighted by Crippen LogP contribution is -2.41. The van der Waals surface area contributed by atoms with Crippen LogP contribution >= 0.6 is 0 Å². The number of nitrogens with zero attached hydrogens (tertiary/aromatic N) is 4. The van der Waals surface area contributed by atoms with Gasteiger partial charge in [-0.15, -0.1) is 0 Å². The molecule has 1 amide bonds. The fourth-order valence-electron chi connectivity index (χ4n) is 7.92. The van der Waals surface area contributed by atoms with Crippen LogP contribution in [0.2, 0.25) is 0 Å². The Hall–Kier alpha value is -5.14. The Balaban J connectivity index is 1.08. The number of aromatic nitrogens is 2. The molecule has 0 aliphatic carbocycles. The second-order valence-electron chi connectivity index (χ2n) is 13.9. The number of halogens is 2. The Morgan fingerprint density at radius 3 is 2.37 bits per heavy atom. The van der Waals surface area contributed by atoms with Gasteiger partial charge in [0.15, 0.2) is 5.58 Å². The lowest BCUT2D eigenvalue weighted by molar-refractivity contribution is -0.142. The Morgan fingerprint density at radius 1 is 0.981 bits per heavy atom. The molecule has 5 aromatic rings. The van der Waals surface area contributed by atoms with Crippen molar-refractivity contribution in [3.05, 3.63) is 76.7 Å². The molecule has 8 rings (SSSR count). The minimum Gasteiger partial charge on any atom is -0.480 e. The summed E-state index contributed by atoms with van der Waals surface area (Å²) in [5, 5.41) is 12.7. The van der Waals surface area contributed by atoms with Gasteiger partial charge >= 0.3 is 12.6 Å². The number of nitrogens with one attached hydrogen (secondary N) is 1. The van der Waals surface area contributed by atoms with E-state index in [9.17, 15) is 23.5 Å². The number of rotatable bonds is 10. The first-order valence-electron chi connectivity index (χ1n) is 17.7. The molecule has 3 aliphatic rings. The van der Waals surface area contributed by atoms with Crippen LogP contribution in [0.4, 0.5) is 8.78 Å². The average Bonchev–Trinajstić information content (AvgIpc) is 3.92. The Kier molecular flexibility index (Phi) is 9.00. The number of benzene rings is 3. The van der Waals surface area contributed by atoms with Gasteiger partial charge in [-0.1, -0.05) is 24.3 Å². The standard InChI is InChI=1S/C39H39F2N5O6/c1-21-25(26-7-4-9-28(22(26)2)37-44-30-20-45(15-13-32(30)50-37)19-24-11-12-35(47)42-24)6-3-8-27(21)36-43-29-16-23(18-46-14-5-10-31(46)38(48)49)33(52-39(40)41)17-34(29)51-36/h3-4,6-9,16-17,24,31,39H,5,10-15,18-20H2,1-2H3,(H,42,47)(H,48,49)/t24?,31-/m0/s1. The summed E-state index contributed by atoms with van der Waals surface area (Å²) in [7, 11) is 0. The van der Waals surface area contributed by atoms with E-state index in [0.29, 0.717) is 55.2 Å². The molecule has 0 spiro atoms. The van der Waals surface area contributed by atoms with E-state index in [1.807, 2.05) is 37.3 Å². The molecule has 13 heteroatoms. The molecule has 2 N–H and O–H groups in total. The topological polar surface area (TPSA) is 134 Å². The number of aliphatic carboxylic acids is 1. The quantitative estimate of drug-likeness (QED) is 0.161. The molecule has 5 heterocycles. The first kappa shape index (κ1) is 34.0. The summed E-state index contributed by atoms with van der Waals surface area (Å²) in [6.07, 6.45) is 3.40. The van der Waals surface area contributed by atoms with Crippen LogP contribution in [0, 0.1) is 13.8 Å². The van der Waals surface area contributed by atoms with E-state index in [4.69, 9.17) is 23.5 Å². The molecule has 270 valence electrons. The monoisotopic (exact) mass is 711 g/mol. The van der Waals surface area contributed by atoms with E-state index in [1.165, 1.54) is 6.07 Å². The van der Waals surface area contributed by atoms with Crippen molar-refractivity contribution in [2.75, 3.05) is 19.6 Å². The van der Waals surface area contributed by atoms with Crippen LogP contribution in [0.3, 0.4) is 0 Å². The van der Waals surface area contributed by atoms with Gasteiger partial charge in [-0.25, -0.2) is 9.97 Å². The normalized spacial score (nSPS) is 19.4. The number of hydrogen-bond acceptors (Lipinski definition) is 9. The lowest BCUT2D eigenvalue weighted by atomic mass is 9.91. The molecule has 1 unspecified atom stereocenters. The maximum atomic E-state index is 13.5. The van der Waals surface area contributed by atoms with E-state index < -0.39 is 18.6 Å². The van der Waals surface area contributed by atoms with E-state index in [2.05, 4.69) is 23.2 Å².